The number of rotatable bonds is 0. The molecule has 2 unspecified atom stereocenters. The maximum Gasteiger partial charge on any atom is 0.0449 e. The maximum atomic E-state index is 3.49. The molecule has 1 aromatic rings. The van der Waals surface area contributed by atoms with Gasteiger partial charge in [0.15, 0.2) is 0 Å². The molecule has 0 aliphatic carbocycles. The van der Waals surface area contributed by atoms with E-state index in [1.807, 2.05) is 20.0 Å². The first-order chi connectivity index (χ1) is 6.27. The lowest BCUT2D eigenvalue weighted by Crippen LogP contribution is -2.35. The predicted octanol–water partition coefficient (Wildman–Crippen LogP) is 2.64. The summed E-state index contributed by atoms with van der Waals surface area (Å²) >= 11 is 0. The van der Waals surface area contributed by atoms with Gasteiger partial charge in [-0.25, -0.2) is 0 Å². The molecule has 1 aliphatic heterocycles. The fraction of sp³-hybridized carbons (Fsp3) is 0.636. The van der Waals surface area contributed by atoms with Crippen molar-refractivity contribution in [3.63, 3.8) is 0 Å². The summed E-state index contributed by atoms with van der Waals surface area (Å²) in [5, 5.41) is 3.49. The van der Waals surface area contributed by atoms with Crippen molar-refractivity contribution in [2.24, 2.45) is 0 Å². The average molecular weight is 180 g/mol. The van der Waals surface area contributed by atoms with Crippen molar-refractivity contribution < 1.29 is 0 Å². The molecule has 2 rings (SSSR count). The van der Waals surface area contributed by atoms with Crippen LogP contribution in [0.1, 0.15) is 45.0 Å². The summed E-state index contributed by atoms with van der Waals surface area (Å²) in [6.07, 6.45) is 3.18. The van der Waals surface area contributed by atoms with Gasteiger partial charge in [0, 0.05) is 24.0 Å². The second kappa shape index (κ2) is 4.47. The molecule has 0 saturated heterocycles. The molecule has 0 aromatic carbocycles. The topological polar surface area (TPSA) is 27.8 Å². The van der Waals surface area contributed by atoms with Crippen LogP contribution in [0.15, 0.2) is 12.3 Å². The van der Waals surface area contributed by atoms with Gasteiger partial charge in [-0.05, 0) is 31.9 Å². The zero-order valence-corrected chi connectivity index (χ0v) is 9.02. The zero-order chi connectivity index (χ0) is 9.84. The lowest BCUT2D eigenvalue weighted by molar-refractivity contribution is 0.440. The van der Waals surface area contributed by atoms with Gasteiger partial charge < -0.3 is 10.3 Å². The molecule has 0 amide bonds. The highest BCUT2D eigenvalue weighted by molar-refractivity contribution is 5.26. The Kier molecular flexibility index (Phi) is 3.55. The van der Waals surface area contributed by atoms with Crippen LogP contribution in [0.2, 0.25) is 0 Å². The SMILES string of the molecule is CC.CC1Cc2cc[nH]c2C(C)N1. The van der Waals surface area contributed by atoms with Gasteiger partial charge in [0.25, 0.3) is 0 Å². The molecule has 2 heterocycles. The number of hydrogen-bond acceptors (Lipinski definition) is 1. The molecular weight excluding hydrogens is 160 g/mol. The molecule has 74 valence electrons. The van der Waals surface area contributed by atoms with E-state index >= 15 is 0 Å². The Labute approximate surface area is 80.7 Å². The van der Waals surface area contributed by atoms with Crippen molar-refractivity contribution in [3.8, 4) is 0 Å². The fourth-order valence-corrected chi connectivity index (χ4v) is 1.89. The van der Waals surface area contributed by atoms with E-state index in [2.05, 4.69) is 30.2 Å². The molecule has 1 aliphatic rings. The summed E-state index contributed by atoms with van der Waals surface area (Å²) in [6, 6.07) is 3.29. The number of nitrogens with one attached hydrogen (secondary N) is 2. The highest BCUT2D eigenvalue weighted by atomic mass is 15.0. The molecule has 2 heteroatoms. The van der Waals surface area contributed by atoms with E-state index in [1.54, 1.807) is 0 Å². The summed E-state index contributed by atoms with van der Waals surface area (Å²) < 4.78 is 0. The lowest BCUT2D eigenvalue weighted by Gasteiger charge is -2.26. The second-order valence-corrected chi connectivity index (χ2v) is 3.41. The third-order valence-corrected chi connectivity index (χ3v) is 2.36. The van der Waals surface area contributed by atoms with Crippen LogP contribution in [0.5, 0.6) is 0 Å². The largest absolute Gasteiger partial charge is 0.363 e. The molecule has 2 atom stereocenters. The Balaban J connectivity index is 0.000000396. The van der Waals surface area contributed by atoms with Gasteiger partial charge in [0.05, 0.1) is 0 Å². The third kappa shape index (κ3) is 2.13. The van der Waals surface area contributed by atoms with Crippen LogP contribution in [0.25, 0.3) is 0 Å². The molecule has 0 spiro atoms. The van der Waals surface area contributed by atoms with Crippen LogP contribution in [-0.2, 0) is 6.42 Å². The Hall–Kier alpha value is -0.760. The predicted molar refractivity (Wildman–Crippen MR) is 56.9 cm³/mol. The van der Waals surface area contributed by atoms with E-state index in [-0.39, 0.29) is 0 Å². The van der Waals surface area contributed by atoms with Gasteiger partial charge in [-0.1, -0.05) is 13.8 Å². The van der Waals surface area contributed by atoms with E-state index in [9.17, 15) is 0 Å². The molecule has 13 heavy (non-hydrogen) atoms. The molecular formula is C11H20N2. The highest BCUT2D eigenvalue weighted by Gasteiger charge is 2.20. The van der Waals surface area contributed by atoms with Gasteiger partial charge in [-0.15, -0.1) is 0 Å². The van der Waals surface area contributed by atoms with Crippen LogP contribution in [0.4, 0.5) is 0 Å². The van der Waals surface area contributed by atoms with E-state index in [0.717, 1.165) is 6.42 Å². The molecule has 0 saturated carbocycles. The average Bonchev–Trinajstić information content (AvgIpc) is 2.55. The first-order valence-electron chi connectivity index (χ1n) is 5.19. The minimum absolute atomic E-state index is 0.490. The number of H-pyrrole nitrogens is 1. The molecule has 2 nitrogen and oxygen atoms in total. The molecule has 0 bridgehead atoms. The van der Waals surface area contributed by atoms with Gasteiger partial charge in [-0.2, -0.15) is 0 Å². The van der Waals surface area contributed by atoms with Gasteiger partial charge in [-0.3, -0.25) is 0 Å². The van der Waals surface area contributed by atoms with E-state index in [0.29, 0.717) is 12.1 Å². The van der Waals surface area contributed by atoms with Crippen molar-refractivity contribution >= 4 is 0 Å². The van der Waals surface area contributed by atoms with E-state index in [1.165, 1.54) is 11.3 Å². The van der Waals surface area contributed by atoms with Crippen molar-refractivity contribution in [1.29, 1.82) is 0 Å². The van der Waals surface area contributed by atoms with Crippen molar-refractivity contribution in [2.45, 2.75) is 46.2 Å². The Morgan fingerprint density at radius 1 is 1.31 bits per heavy atom. The van der Waals surface area contributed by atoms with E-state index < -0.39 is 0 Å². The maximum absolute atomic E-state index is 3.49. The van der Waals surface area contributed by atoms with Gasteiger partial charge >= 0.3 is 0 Å². The van der Waals surface area contributed by atoms with E-state index in [4.69, 9.17) is 0 Å². The first-order valence-corrected chi connectivity index (χ1v) is 5.19. The number of aromatic nitrogens is 1. The van der Waals surface area contributed by atoms with Crippen LogP contribution >= 0.6 is 0 Å². The van der Waals surface area contributed by atoms with Crippen molar-refractivity contribution in [2.75, 3.05) is 0 Å². The molecule has 0 fully saturated rings. The number of fused-ring (bicyclic) bond motifs is 1. The smallest absolute Gasteiger partial charge is 0.0449 e. The van der Waals surface area contributed by atoms with Crippen LogP contribution in [0.3, 0.4) is 0 Å². The minimum atomic E-state index is 0.490. The van der Waals surface area contributed by atoms with Crippen LogP contribution < -0.4 is 5.32 Å². The summed E-state index contributed by atoms with van der Waals surface area (Å²) in [5.41, 5.74) is 2.84. The fourth-order valence-electron chi connectivity index (χ4n) is 1.89. The molecule has 1 aromatic heterocycles. The standard InChI is InChI=1S/C9H14N2.C2H6/c1-6-5-8-3-4-10-9(8)7(2)11-6;1-2/h3-4,6-7,10-11H,5H2,1-2H3;1-2H3. The van der Waals surface area contributed by atoms with Crippen molar-refractivity contribution in [1.82, 2.24) is 10.3 Å². The van der Waals surface area contributed by atoms with Gasteiger partial charge in [0.1, 0.15) is 0 Å². The zero-order valence-electron chi connectivity index (χ0n) is 9.02. The first kappa shape index (κ1) is 10.3. The van der Waals surface area contributed by atoms with Gasteiger partial charge in [0.2, 0.25) is 0 Å². The highest BCUT2D eigenvalue weighted by Crippen LogP contribution is 2.22. The van der Waals surface area contributed by atoms with Crippen LogP contribution in [-0.4, -0.2) is 11.0 Å². The number of hydrogen-bond donors (Lipinski definition) is 2. The Morgan fingerprint density at radius 2 is 2.00 bits per heavy atom. The number of aromatic amines is 1. The Bertz CT molecular complexity index is 252. The normalized spacial score (nSPS) is 25.8. The summed E-state index contributed by atoms with van der Waals surface area (Å²) in [4.78, 5) is 3.27. The van der Waals surface area contributed by atoms with Crippen molar-refractivity contribution in [3.05, 3.63) is 23.5 Å². The Morgan fingerprint density at radius 3 is 2.69 bits per heavy atom. The second-order valence-electron chi connectivity index (χ2n) is 3.41. The quantitative estimate of drug-likeness (QED) is 0.631. The molecule has 0 radical (unpaired) electrons. The lowest BCUT2D eigenvalue weighted by atomic mass is 9.98. The summed E-state index contributed by atoms with van der Waals surface area (Å²) in [6.45, 7) is 8.43. The third-order valence-electron chi connectivity index (χ3n) is 2.36. The minimum Gasteiger partial charge on any atom is -0.363 e. The van der Waals surface area contributed by atoms with Crippen LogP contribution in [0, 0.1) is 0 Å². The summed E-state index contributed by atoms with van der Waals surface area (Å²) in [7, 11) is 0. The molecule has 2 N–H and O–H groups in total. The summed E-state index contributed by atoms with van der Waals surface area (Å²) in [5.74, 6) is 0. The monoisotopic (exact) mass is 180 g/mol.